The third-order valence-corrected chi connectivity index (χ3v) is 4.03. The molecule has 1 aliphatic carbocycles. The number of carbonyl (C=O) groups is 1. The summed E-state index contributed by atoms with van der Waals surface area (Å²) in [6.45, 7) is 5.28. The number of nitrogens with zero attached hydrogens (tertiary/aromatic N) is 2. The van der Waals surface area contributed by atoms with Crippen molar-refractivity contribution in [2.45, 2.75) is 58.3 Å². The molecule has 1 aliphatic rings. The molecule has 0 saturated heterocycles. The lowest BCUT2D eigenvalue weighted by Gasteiger charge is -2.31. The molecule has 0 aromatic rings. The van der Waals surface area contributed by atoms with Gasteiger partial charge >= 0.3 is 0 Å². The largest absolute Gasteiger partial charge is 0.385 e. The van der Waals surface area contributed by atoms with E-state index in [2.05, 4.69) is 5.32 Å². The highest BCUT2D eigenvalue weighted by atomic mass is 16.7. The van der Waals surface area contributed by atoms with E-state index >= 15 is 0 Å². The molecule has 0 aromatic carbocycles. The SMILES string of the molecule is CCOC(CN/C=C(/C#N)C(=O)N(C)C1CCCCC1)OCC. The number of carbonyl (C=O) groups excluding carboxylic acids is 1. The van der Waals surface area contributed by atoms with Crippen molar-refractivity contribution < 1.29 is 14.3 Å². The van der Waals surface area contributed by atoms with E-state index in [-0.39, 0.29) is 23.8 Å². The predicted molar refractivity (Wildman–Crippen MR) is 88.4 cm³/mol. The first kappa shape index (κ1) is 19.5. The highest BCUT2D eigenvalue weighted by molar-refractivity contribution is 5.97. The van der Waals surface area contributed by atoms with E-state index in [0.29, 0.717) is 19.8 Å². The lowest BCUT2D eigenvalue weighted by molar-refractivity contribution is -0.132. The Morgan fingerprint density at radius 3 is 2.43 bits per heavy atom. The standard InChI is InChI=1S/C17H29N3O3/c1-4-22-16(23-5-2)13-19-12-14(11-18)17(21)20(3)15-9-7-6-8-10-15/h12,15-16,19H,4-10,13H2,1-3H3/b14-12-. The average molecular weight is 323 g/mol. The van der Waals surface area contributed by atoms with Gasteiger partial charge in [0.1, 0.15) is 11.6 Å². The number of hydrogen-bond donors (Lipinski definition) is 1. The highest BCUT2D eigenvalue weighted by Gasteiger charge is 2.24. The van der Waals surface area contributed by atoms with Gasteiger partial charge in [0.05, 0.1) is 6.54 Å². The van der Waals surface area contributed by atoms with E-state index in [0.717, 1.165) is 25.7 Å². The Kier molecular flexibility index (Phi) is 9.34. The molecule has 1 N–H and O–H groups in total. The quantitative estimate of drug-likeness (QED) is 0.400. The van der Waals surface area contributed by atoms with Crippen LogP contribution in [0.15, 0.2) is 11.8 Å². The van der Waals surface area contributed by atoms with Crippen molar-refractivity contribution in [3.05, 3.63) is 11.8 Å². The fraction of sp³-hybridized carbons (Fsp3) is 0.765. The molecule has 0 heterocycles. The molecule has 1 rings (SSSR count). The highest BCUT2D eigenvalue weighted by Crippen LogP contribution is 2.22. The van der Waals surface area contributed by atoms with Crippen molar-refractivity contribution in [3.63, 3.8) is 0 Å². The summed E-state index contributed by atoms with van der Waals surface area (Å²) in [6, 6.07) is 2.23. The Labute approximate surface area is 139 Å². The van der Waals surface area contributed by atoms with E-state index in [4.69, 9.17) is 9.47 Å². The Morgan fingerprint density at radius 1 is 1.30 bits per heavy atom. The van der Waals surface area contributed by atoms with E-state index < -0.39 is 0 Å². The smallest absolute Gasteiger partial charge is 0.265 e. The first-order valence-electron chi connectivity index (χ1n) is 8.48. The Bertz CT molecular complexity index is 419. The second-order valence-corrected chi connectivity index (χ2v) is 5.63. The Hall–Kier alpha value is -1.58. The molecular formula is C17H29N3O3. The Balaban J connectivity index is 2.56. The minimum absolute atomic E-state index is 0.116. The van der Waals surface area contributed by atoms with Crippen LogP contribution in [0.4, 0.5) is 0 Å². The molecule has 0 spiro atoms. The summed E-state index contributed by atoms with van der Waals surface area (Å²) in [6.07, 6.45) is 6.65. The number of nitrogens with one attached hydrogen (secondary N) is 1. The molecule has 6 heteroatoms. The van der Waals surface area contributed by atoms with Crippen molar-refractivity contribution in [2.24, 2.45) is 0 Å². The molecule has 1 fully saturated rings. The molecule has 130 valence electrons. The number of nitriles is 1. The zero-order valence-electron chi connectivity index (χ0n) is 14.5. The van der Waals surface area contributed by atoms with Crippen molar-refractivity contribution in [3.8, 4) is 6.07 Å². The number of rotatable bonds is 9. The van der Waals surface area contributed by atoms with Crippen LogP contribution in [0.5, 0.6) is 0 Å². The number of likely N-dealkylation sites (N-methyl/N-ethyl adjacent to an activating group) is 1. The van der Waals surface area contributed by atoms with Gasteiger partial charge in [-0.25, -0.2) is 0 Å². The minimum Gasteiger partial charge on any atom is -0.385 e. The molecule has 0 unspecified atom stereocenters. The lowest BCUT2D eigenvalue weighted by atomic mass is 9.94. The molecular weight excluding hydrogens is 294 g/mol. The van der Waals surface area contributed by atoms with Gasteiger partial charge in [0.25, 0.3) is 5.91 Å². The van der Waals surface area contributed by atoms with Gasteiger partial charge in [0.15, 0.2) is 6.29 Å². The van der Waals surface area contributed by atoms with Crippen LogP contribution >= 0.6 is 0 Å². The third kappa shape index (κ3) is 6.59. The van der Waals surface area contributed by atoms with E-state index in [1.807, 2.05) is 19.9 Å². The minimum atomic E-state index is -0.382. The molecule has 0 aromatic heterocycles. The van der Waals surface area contributed by atoms with Crippen LogP contribution in [0.1, 0.15) is 46.0 Å². The van der Waals surface area contributed by atoms with Gasteiger partial charge in [-0.1, -0.05) is 19.3 Å². The normalized spacial score (nSPS) is 16.2. The van der Waals surface area contributed by atoms with Gasteiger partial charge in [-0.3, -0.25) is 4.79 Å². The average Bonchev–Trinajstić information content (AvgIpc) is 2.58. The van der Waals surface area contributed by atoms with Crippen molar-refractivity contribution in [1.29, 1.82) is 5.26 Å². The van der Waals surface area contributed by atoms with E-state index in [1.165, 1.54) is 12.6 Å². The molecule has 0 radical (unpaired) electrons. The molecule has 0 atom stereocenters. The zero-order valence-corrected chi connectivity index (χ0v) is 14.5. The van der Waals surface area contributed by atoms with Gasteiger partial charge < -0.3 is 19.7 Å². The topological polar surface area (TPSA) is 74.6 Å². The van der Waals surface area contributed by atoms with Crippen LogP contribution in [-0.2, 0) is 14.3 Å². The van der Waals surface area contributed by atoms with Crippen LogP contribution in [0.25, 0.3) is 0 Å². The molecule has 0 bridgehead atoms. The third-order valence-electron chi connectivity index (χ3n) is 4.03. The van der Waals surface area contributed by atoms with Crippen LogP contribution in [-0.4, -0.2) is 49.9 Å². The van der Waals surface area contributed by atoms with Crippen LogP contribution in [0.2, 0.25) is 0 Å². The summed E-state index contributed by atoms with van der Waals surface area (Å²) in [5.41, 5.74) is 0.116. The van der Waals surface area contributed by atoms with Crippen LogP contribution < -0.4 is 5.32 Å². The summed E-state index contributed by atoms with van der Waals surface area (Å²) >= 11 is 0. The summed E-state index contributed by atoms with van der Waals surface area (Å²) in [5, 5.41) is 12.2. The van der Waals surface area contributed by atoms with Gasteiger partial charge in [0.2, 0.25) is 0 Å². The second-order valence-electron chi connectivity index (χ2n) is 5.63. The molecule has 0 aliphatic heterocycles. The van der Waals surface area contributed by atoms with Crippen LogP contribution in [0.3, 0.4) is 0 Å². The van der Waals surface area contributed by atoms with E-state index in [9.17, 15) is 10.1 Å². The summed E-state index contributed by atoms with van der Waals surface area (Å²) < 4.78 is 10.8. The summed E-state index contributed by atoms with van der Waals surface area (Å²) in [4.78, 5) is 14.1. The number of ether oxygens (including phenoxy) is 2. The monoisotopic (exact) mass is 323 g/mol. The first-order valence-corrected chi connectivity index (χ1v) is 8.48. The first-order chi connectivity index (χ1) is 11.1. The van der Waals surface area contributed by atoms with Crippen molar-refractivity contribution >= 4 is 5.91 Å². The lowest BCUT2D eigenvalue weighted by Crippen LogP contribution is -2.39. The van der Waals surface area contributed by atoms with Gasteiger partial charge in [-0.05, 0) is 26.7 Å². The second kappa shape index (κ2) is 11.0. The molecule has 23 heavy (non-hydrogen) atoms. The van der Waals surface area contributed by atoms with Crippen molar-refractivity contribution in [2.75, 3.05) is 26.8 Å². The maximum atomic E-state index is 12.4. The van der Waals surface area contributed by atoms with E-state index in [1.54, 1.807) is 11.9 Å². The summed E-state index contributed by atoms with van der Waals surface area (Å²) in [7, 11) is 1.78. The molecule has 1 saturated carbocycles. The summed E-state index contributed by atoms with van der Waals surface area (Å²) in [5.74, 6) is -0.226. The van der Waals surface area contributed by atoms with Gasteiger partial charge in [-0.15, -0.1) is 0 Å². The Morgan fingerprint density at radius 2 is 1.91 bits per heavy atom. The number of amides is 1. The van der Waals surface area contributed by atoms with Crippen molar-refractivity contribution in [1.82, 2.24) is 10.2 Å². The van der Waals surface area contributed by atoms with Crippen LogP contribution in [0, 0.1) is 11.3 Å². The fourth-order valence-corrected chi connectivity index (χ4v) is 2.76. The van der Waals surface area contributed by atoms with Gasteiger partial charge in [0, 0.05) is 32.5 Å². The fourth-order valence-electron chi connectivity index (χ4n) is 2.76. The zero-order chi connectivity index (χ0) is 17.1. The maximum absolute atomic E-state index is 12.4. The predicted octanol–water partition coefficient (Wildman–Crippen LogP) is 2.17. The number of hydrogen-bond acceptors (Lipinski definition) is 5. The maximum Gasteiger partial charge on any atom is 0.265 e. The van der Waals surface area contributed by atoms with Gasteiger partial charge in [-0.2, -0.15) is 5.26 Å². The molecule has 6 nitrogen and oxygen atoms in total. The molecule has 1 amide bonds.